The van der Waals surface area contributed by atoms with Gasteiger partial charge in [0.25, 0.3) is 0 Å². The Bertz CT molecular complexity index is 239. The molecule has 0 unspecified atom stereocenters. The average Bonchev–Trinajstić information content (AvgIpc) is 2.77. The predicted octanol–water partition coefficient (Wildman–Crippen LogP) is 1.02. The third kappa shape index (κ3) is 2.74. The second-order valence-corrected chi connectivity index (χ2v) is 5.37. The largest absolute Gasteiger partial charge is 0.303 e. The summed E-state index contributed by atoms with van der Waals surface area (Å²) >= 11 is 0. The maximum atomic E-state index is 11.0. The van der Waals surface area contributed by atoms with Crippen LogP contribution in [0.15, 0.2) is 0 Å². The molecular weight excluding hydrogens is 202 g/mol. The molecule has 2 rings (SSSR count). The number of nitrogens with two attached hydrogens (primary N) is 1. The Kier molecular flexibility index (Phi) is 3.82. The van der Waals surface area contributed by atoms with E-state index in [-0.39, 0.29) is 5.91 Å². The molecule has 4 heteroatoms. The monoisotopic (exact) mass is 225 g/mol. The van der Waals surface area contributed by atoms with Gasteiger partial charge in [-0.2, -0.15) is 0 Å². The zero-order valence-corrected chi connectivity index (χ0v) is 10.0. The first-order valence-corrected chi connectivity index (χ1v) is 6.46. The number of hydrogen-bond acceptors (Lipinski definition) is 3. The number of carbonyl (C=O) groups is 1. The maximum absolute atomic E-state index is 11.0. The second kappa shape index (κ2) is 5.15. The molecule has 1 saturated carbocycles. The third-order valence-corrected chi connectivity index (χ3v) is 4.40. The number of carbonyl (C=O) groups excluding carboxylic acids is 1. The highest BCUT2D eigenvalue weighted by molar-refractivity contribution is 5.75. The number of amides is 1. The molecule has 16 heavy (non-hydrogen) atoms. The molecule has 92 valence electrons. The fourth-order valence-corrected chi connectivity index (χ4v) is 3.21. The maximum Gasteiger partial charge on any atom is 0.235 e. The van der Waals surface area contributed by atoms with Crippen LogP contribution in [0.3, 0.4) is 0 Å². The summed E-state index contributed by atoms with van der Waals surface area (Å²) in [5, 5.41) is 0. The van der Waals surface area contributed by atoms with Crippen LogP contribution in [0.5, 0.6) is 0 Å². The summed E-state index contributed by atoms with van der Waals surface area (Å²) in [4.78, 5) is 13.4. The van der Waals surface area contributed by atoms with Crippen LogP contribution in [-0.4, -0.2) is 30.4 Å². The first kappa shape index (κ1) is 11.9. The topological polar surface area (TPSA) is 58.4 Å². The van der Waals surface area contributed by atoms with Gasteiger partial charge in [-0.3, -0.25) is 10.2 Å². The highest BCUT2D eigenvalue weighted by Gasteiger charge is 2.36. The highest BCUT2D eigenvalue weighted by atomic mass is 16.2. The minimum atomic E-state index is -0.0545. The van der Waals surface area contributed by atoms with Crippen molar-refractivity contribution in [2.45, 2.75) is 44.9 Å². The number of likely N-dealkylation sites (tertiary alicyclic amines) is 1. The van der Waals surface area contributed by atoms with Crippen molar-refractivity contribution in [2.24, 2.45) is 11.3 Å². The summed E-state index contributed by atoms with van der Waals surface area (Å²) in [6.45, 7) is 3.19. The summed E-state index contributed by atoms with van der Waals surface area (Å²) in [6, 6.07) is 0. The van der Waals surface area contributed by atoms with E-state index in [1.807, 2.05) is 0 Å². The Morgan fingerprint density at radius 1 is 1.19 bits per heavy atom. The molecule has 2 aliphatic rings. The normalized spacial score (nSPS) is 24.8. The quantitative estimate of drug-likeness (QED) is 0.428. The summed E-state index contributed by atoms with van der Waals surface area (Å²) < 4.78 is 0. The van der Waals surface area contributed by atoms with E-state index in [2.05, 4.69) is 10.3 Å². The number of hydrogen-bond donors (Lipinski definition) is 2. The van der Waals surface area contributed by atoms with Crippen LogP contribution >= 0.6 is 0 Å². The number of rotatable bonds is 3. The van der Waals surface area contributed by atoms with Gasteiger partial charge in [0.1, 0.15) is 0 Å². The van der Waals surface area contributed by atoms with E-state index < -0.39 is 0 Å². The Morgan fingerprint density at radius 3 is 2.38 bits per heavy atom. The van der Waals surface area contributed by atoms with Crippen LogP contribution < -0.4 is 11.3 Å². The molecule has 4 nitrogen and oxygen atoms in total. The predicted molar refractivity (Wildman–Crippen MR) is 63.5 cm³/mol. The van der Waals surface area contributed by atoms with Crippen LogP contribution in [-0.2, 0) is 4.79 Å². The van der Waals surface area contributed by atoms with Crippen molar-refractivity contribution in [1.29, 1.82) is 0 Å². The van der Waals surface area contributed by atoms with Crippen molar-refractivity contribution in [3.8, 4) is 0 Å². The van der Waals surface area contributed by atoms with Crippen LogP contribution in [0.2, 0.25) is 0 Å². The molecule has 1 amide bonds. The van der Waals surface area contributed by atoms with Crippen molar-refractivity contribution in [1.82, 2.24) is 10.3 Å². The molecule has 1 spiro atoms. The van der Waals surface area contributed by atoms with E-state index in [0.717, 1.165) is 19.6 Å². The van der Waals surface area contributed by atoms with Crippen LogP contribution in [0.4, 0.5) is 0 Å². The van der Waals surface area contributed by atoms with E-state index in [0.29, 0.717) is 11.8 Å². The molecule has 1 aliphatic heterocycles. The Labute approximate surface area is 97.5 Å². The molecule has 0 atom stereocenters. The smallest absolute Gasteiger partial charge is 0.235 e. The van der Waals surface area contributed by atoms with Crippen molar-refractivity contribution < 1.29 is 4.79 Å². The molecule has 3 N–H and O–H groups in total. The lowest BCUT2D eigenvalue weighted by Crippen LogP contribution is -2.41. The van der Waals surface area contributed by atoms with Gasteiger partial charge in [0.15, 0.2) is 0 Å². The lowest BCUT2D eigenvalue weighted by atomic mass is 9.77. The number of nitrogens with one attached hydrogen (secondary N) is 1. The standard InChI is InChI=1S/C12H23N3O/c13-14-11(16)3-8-15-9-6-12(7-10-15)4-1-2-5-12/h1-10,13H2,(H,14,16). The summed E-state index contributed by atoms with van der Waals surface area (Å²) in [7, 11) is 0. The lowest BCUT2D eigenvalue weighted by Gasteiger charge is -2.39. The van der Waals surface area contributed by atoms with Crippen molar-refractivity contribution in [3.63, 3.8) is 0 Å². The fraction of sp³-hybridized carbons (Fsp3) is 0.917. The number of nitrogens with zero attached hydrogens (tertiary/aromatic N) is 1. The van der Waals surface area contributed by atoms with Crippen molar-refractivity contribution in [3.05, 3.63) is 0 Å². The molecule has 1 aliphatic carbocycles. The van der Waals surface area contributed by atoms with Gasteiger partial charge in [-0.1, -0.05) is 12.8 Å². The van der Waals surface area contributed by atoms with E-state index in [4.69, 9.17) is 5.84 Å². The molecule has 0 radical (unpaired) electrons. The zero-order chi connectivity index (χ0) is 11.4. The Hall–Kier alpha value is -0.610. The molecule has 0 aromatic rings. The molecule has 1 saturated heterocycles. The first-order valence-electron chi connectivity index (χ1n) is 6.46. The molecule has 0 bridgehead atoms. The van der Waals surface area contributed by atoms with Crippen LogP contribution in [0, 0.1) is 5.41 Å². The Morgan fingerprint density at radius 2 is 1.81 bits per heavy atom. The minimum absolute atomic E-state index is 0.0545. The first-order chi connectivity index (χ1) is 7.74. The summed E-state index contributed by atoms with van der Waals surface area (Å²) in [5.41, 5.74) is 2.86. The zero-order valence-electron chi connectivity index (χ0n) is 10.0. The van der Waals surface area contributed by atoms with E-state index in [1.54, 1.807) is 0 Å². The molecular formula is C12H23N3O. The molecule has 1 heterocycles. The molecule has 2 fully saturated rings. The fourth-order valence-electron chi connectivity index (χ4n) is 3.21. The molecule has 0 aromatic carbocycles. The SMILES string of the molecule is NNC(=O)CCN1CCC2(CCCC2)CC1. The van der Waals surface area contributed by atoms with Crippen LogP contribution in [0.1, 0.15) is 44.9 Å². The lowest BCUT2D eigenvalue weighted by molar-refractivity contribution is -0.121. The van der Waals surface area contributed by atoms with Gasteiger partial charge < -0.3 is 4.90 Å². The second-order valence-electron chi connectivity index (χ2n) is 5.37. The average molecular weight is 225 g/mol. The van der Waals surface area contributed by atoms with Gasteiger partial charge in [-0.15, -0.1) is 0 Å². The van der Waals surface area contributed by atoms with Gasteiger partial charge in [0.05, 0.1) is 0 Å². The van der Waals surface area contributed by atoms with Crippen molar-refractivity contribution >= 4 is 5.91 Å². The summed E-state index contributed by atoms with van der Waals surface area (Å²) in [6.07, 6.45) is 8.91. The molecule has 0 aromatic heterocycles. The van der Waals surface area contributed by atoms with E-state index >= 15 is 0 Å². The summed E-state index contributed by atoms with van der Waals surface area (Å²) in [5.74, 6) is 5.01. The van der Waals surface area contributed by atoms with E-state index in [1.165, 1.54) is 38.5 Å². The third-order valence-electron chi connectivity index (χ3n) is 4.40. The van der Waals surface area contributed by atoms with E-state index in [9.17, 15) is 4.79 Å². The minimum Gasteiger partial charge on any atom is -0.303 e. The number of piperidine rings is 1. The van der Waals surface area contributed by atoms with Gasteiger partial charge in [-0.25, -0.2) is 5.84 Å². The van der Waals surface area contributed by atoms with Gasteiger partial charge in [0.2, 0.25) is 5.91 Å². The van der Waals surface area contributed by atoms with Gasteiger partial charge >= 0.3 is 0 Å². The Balaban J connectivity index is 1.70. The van der Waals surface area contributed by atoms with Gasteiger partial charge in [-0.05, 0) is 44.2 Å². The van der Waals surface area contributed by atoms with Crippen LogP contribution in [0.25, 0.3) is 0 Å². The highest BCUT2D eigenvalue weighted by Crippen LogP contribution is 2.45. The van der Waals surface area contributed by atoms with Gasteiger partial charge in [0, 0.05) is 13.0 Å². The number of hydrazine groups is 1. The van der Waals surface area contributed by atoms with Crippen molar-refractivity contribution in [2.75, 3.05) is 19.6 Å².